The normalized spacial score (nSPS) is 11.2. The summed E-state index contributed by atoms with van der Waals surface area (Å²) in [6, 6.07) is 7.75. The molecule has 0 saturated carbocycles. The molecule has 144 valence electrons. The van der Waals surface area contributed by atoms with Gasteiger partial charge in [0.1, 0.15) is 0 Å². The molecule has 0 fully saturated rings. The van der Waals surface area contributed by atoms with Gasteiger partial charge in [0.05, 0.1) is 12.2 Å². The van der Waals surface area contributed by atoms with E-state index >= 15 is 0 Å². The van der Waals surface area contributed by atoms with Crippen LogP contribution in [-0.4, -0.2) is 35.5 Å². The summed E-state index contributed by atoms with van der Waals surface area (Å²) in [6.07, 6.45) is 1.07. The molecule has 4 aromatic heterocycles. The number of nitrogens with zero attached hydrogens (tertiary/aromatic N) is 6. The molecule has 4 rings (SSSR count). The Morgan fingerprint density at radius 1 is 1.14 bits per heavy atom. The third-order valence-electron chi connectivity index (χ3n) is 4.70. The molecule has 0 bridgehead atoms. The second kappa shape index (κ2) is 7.51. The van der Waals surface area contributed by atoms with Crippen LogP contribution in [0, 0.1) is 20.8 Å². The highest BCUT2D eigenvalue weighted by molar-refractivity contribution is 7.09. The molecule has 0 radical (unpaired) electrons. The number of fused-ring (bicyclic) bond motifs is 1. The SMILES string of the molecule is Cc1nn(-c2ccc3nnc(C)n3n2)c(C)c1CCC(=O)NCc1cccs1. The molecule has 0 spiro atoms. The number of hydrogen-bond acceptors (Lipinski definition) is 6. The third kappa shape index (κ3) is 3.53. The number of rotatable bonds is 6. The molecule has 0 atom stereocenters. The molecule has 1 amide bonds. The predicted octanol–water partition coefficient (Wildman–Crippen LogP) is 2.55. The van der Waals surface area contributed by atoms with Gasteiger partial charge in [-0.15, -0.1) is 26.6 Å². The Morgan fingerprint density at radius 3 is 2.79 bits per heavy atom. The van der Waals surface area contributed by atoms with Crippen molar-refractivity contribution >= 4 is 22.9 Å². The molecular formula is C19H21N7OS. The van der Waals surface area contributed by atoms with E-state index < -0.39 is 0 Å². The van der Waals surface area contributed by atoms with E-state index in [4.69, 9.17) is 0 Å². The summed E-state index contributed by atoms with van der Waals surface area (Å²) < 4.78 is 3.51. The van der Waals surface area contributed by atoms with Crippen molar-refractivity contribution in [2.24, 2.45) is 0 Å². The van der Waals surface area contributed by atoms with Crippen LogP contribution in [0.15, 0.2) is 29.6 Å². The van der Waals surface area contributed by atoms with Crippen molar-refractivity contribution in [1.29, 1.82) is 0 Å². The molecule has 0 aliphatic heterocycles. The van der Waals surface area contributed by atoms with Gasteiger partial charge in [-0.25, -0.2) is 4.68 Å². The molecule has 9 heteroatoms. The smallest absolute Gasteiger partial charge is 0.220 e. The monoisotopic (exact) mass is 395 g/mol. The summed E-state index contributed by atoms with van der Waals surface area (Å²) in [7, 11) is 0. The van der Waals surface area contributed by atoms with E-state index in [0.29, 0.717) is 30.9 Å². The van der Waals surface area contributed by atoms with Crippen molar-refractivity contribution in [1.82, 2.24) is 34.9 Å². The third-order valence-corrected chi connectivity index (χ3v) is 5.58. The maximum atomic E-state index is 12.2. The molecule has 28 heavy (non-hydrogen) atoms. The van der Waals surface area contributed by atoms with E-state index in [1.165, 1.54) is 0 Å². The fraction of sp³-hybridized carbons (Fsp3) is 0.316. The van der Waals surface area contributed by atoms with Crippen LogP contribution in [0.2, 0.25) is 0 Å². The van der Waals surface area contributed by atoms with Crippen molar-refractivity contribution in [3.05, 3.63) is 57.3 Å². The first-order valence-electron chi connectivity index (χ1n) is 9.06. The second-order valence-electron chi connectivity index (χ2n) is 6.63. The Bertz CT molecular complexity index is 1130. The lowest BCUT2D eigenvalue weighted by Crippen LogP contribution is -2.22. The van der Waals surface area contributed by atoms with Gasteiger partial charge in [0.15, 0.2) is 17.3 Å². The predicted molar refractivity (Wildman–Crippen MR) is 107 cm³/mol. The zero-order chi connectivity index (χ0) is 19.7. The summed E-state index contributed by atoms with van der Waals surface area (Å²) in [6.45, 7) is 6.41. The largest absolute Gasteiger partial charge is 0.351 e. The summed E-state index contributed by atoms with van der Waals surface area (Å²) in [5, 5.41) is 22.3. The van der Waals surface area contributed by atoms with Gasteiger partial charge in [-0.3, -0.25) is 4.79 Å². The maximum Gasteiger partial charge on any atom is 0.220 e. The van der Waals surface area contributed by atoms with Crippen molar-refractivity contribution in [2.45, 2.75) is 40.2 Å². The molecule has 0 unspecified atom stereocenters. The summed E-state index contributed by atoms with van der Waals surface area (Å²) in [5.41, 5.74) is 3.67. The minimum atomic E-state index is 0.0413. The second-order valence-corrected chi connectivity index (χ2v) is 7.66. The highest BCUT2D eigenvalue weighted by Gasteiger charge is 2.16. The fourth-order valence-corrected chi connectivity index (χ4v) is 3.83. The number of carbonyl (C=O) groups excluding carboxylic acids is 1. The number of thiophene rings is 1. The minimum Gasteiger partial charge on any atom is -0.351 e. The Kier molecular flexibility index (Phi) is 4.91. The number of aryl methyl sites for hydroxylation is 2. The van der Waals surface area contributed by atoms with Gasteiger partial charge in [0.25, 0.3) is 0 Å². The standard InChI is InChI=1S/C19H21N7OS/c1-12-16(6-9-19(27)20-11-15-5-4-10-28-15)13(2)25(23-12)18-8-7-17-22-21-14(3)26(17)24-18/h4-5,7-8,10H,6,9,11H2,1-3H3,(H,20,27). The van der Waals surface area contributed by atoms with Gasteiger partial charge >= 0.3 is 0 Å². The fourth-order valence-electron chi connectivity index (χ4n) is 3.19. The van der Waals surface area contributed by atoms with Crippen LogP contribution in [0.4, 0.5) is 0 Å². The molecular weight excluding hydrogens is 374 g/mol. The van der Waals surface area contributed by atoms with E-state index in [9.17, 15) is 4.79 Å². The van der Waals surface area contributed by atoms with Crippen LogP contribution in [0.25, 0.3) is 11.5 Å². The Morgan fingerprint density at radius 2 is 2.00 bits per heavy atom. The molecule has 4 heterocycles. The first-order valence-corrected chi connectivity index (χ1v) is 9.94. The molecule has 0 aromatic carbocycles. The summed E-state index contributed by atoms with van der Waals surface area (Å²) >= 11 is 1.64. The zero-order valence-electron chi connectivity index (χ0n) is 16.0. The topological polar surface area (TPSA) is 90.0 Å². The number of nitrogens with one attached hydrogen (secondary N) is 1. The number of hydrogen-bond donors (Lipinski definition) is 1. The zero-order valence-corrected chi connectivity index (χ0v) is 16.8. The quantitative estimate of drug-likeness (QED) is 0.542. The highest BCUT2D eigenvalue weighted by Crippen LogP contribution is 2.19. The molecule has 8 nitrogen and oxygen atoms in total. The number of carbonyl (C=O) groups is 1. The Labute approximate surface area is 166 Å². The number of amides is 1. The van der Waals surface area contributed by atoms with Gasteiger partial charge in [-0.05, 0) is 56.3 Å². The van der Waals surface area contributed by atoms with E-state index in [-0.39, 0.29) is 5.91 Å². The summed E-state index contributed by atoms with van der Waals surface area (Å²) in [4.78, 5) is 13.4. The average Bonchev–Trinajstić information content (AvgIpc) is 3.40. The van der Waals surface area contributed by atoms with E-state index in [1.54, 1.807) is 15.9 Å². The number of aromatic nitrogens is 6. The Hall–Kier alpha value is -3.07. The van der Waals surface area contributed by atoms with Gasteiger partial charge in [0, 0.05) is 17.0 Å². The van der Waals surface area contributed by atoms with Crippen molar-refractivity contribution in [3.63, 3.8) is 0 Å². The lowest BCUT2D eigenvalue weighted by Gasteiger charge is -2.06. The molecule has 0 aliphatic carbocycles. The van der Waals surface area contributed by atoms with Crippen molar-refractivity contribution in [2.75, 3.05) is 0 Å². The van der Waals surface area contributed by atoms with Crippen LogP contribution in [-0.2, 0) is 17.8 Å². The molecule has 1 N–H and O–H groups in total. The summed E-state index contributed by atoms with van der Waals surface area (Å²) in [5.74, 6) is 1.46. The lowest BCUT2D eigenvalue weighted by atomic mass is 10.1. The van der Waals surface area contributed by atoms with Gasteiger partial charge in [0.2, 0.25) is 5.91 Å². The van der Waals surface area contributed by atoms with Gasteiger partial charge in [-0.1, -0.05) is 6.07 Å². The van der Waals surface area contributed by atoms with E-state index in [1.807, 2.05) is 55.1 Å². The van der Waals surface area contributed by atoms with Crippen LogP contribution < -0.4 is 5.32 Å². The van der Waals surface area contributed by atoms with Crippen LogP contribution >= 0.6 is 11.3 Å². The molecule has 0 aliphatic rings. The lowest BCUT2D eigenvalue weighted by molar-refractivity contribution is -0.121. The van der Waals surface area contributed by atoms with Crippen molar-refractivity contribution in [3.8, 4) is 5.82 Å². The molecule has 4 aromatic rings. The van der Waals surface area contributed by atoms with Crippen LogP contribution in [0.3, 0.4) is 0 Å². The molecule has 0 saturated heterocycles. The van der Waals surface area contributed by atoms with E-state index in [0.717, 1.165) is 27.7 Å². The average molecular weight is 395 g/mol. The Balaban J connectivity index is 1.48. The van der Waals surface area contributed by atoms with Crippen LogP contribution in [0.1, 0.15) is 34.1 Å². The van der Waals surface area contributed by atoms with Gasteiger partial charge in [-0.2, -0.15) is 9.61 Å². The maximum absolute atomic E-state index is 12.2. The van der Waals surface area contributed by atoms with E-state index in [2.05, 4.69) is 25.7 Å². The van der Waals surface area contributed by atoms with Crippen molar-refractivity contribution < 1.29 is 4.79 Å². The highest BCUT2D eigenvalue weighted by atomic mass is 32.1. The first kappa shape index (κ1) is 18.3. The minimum absolute atomic E-state index is 0.0413. The van der Waals surface area contributed by atoms with Crippen LogP contribution in [0.5, 0.6) is 0 Å². The van der Waals surface area contributed by atoms with Gasteiger partial charge < -0.3 is 5.32 Å². The first-order chi connectivity index (χ1) is 13.5.